The molecular formula is C13H13ClF3NO2. The van der Waals surface area contributed by atoms with Crippen LogP contribution in [-0.4, -0.2) is 25.3 Å². The molecule has 20 heavy (non-hydrogen) atoms. The topological polar surface area (TPSA) is 38.3 Å². The fourth-order valence-corrected chi connectivity index (χ4v) is 2.14. The minimum absolute atomic E-state index is 0.0471. The van der Waals surface area contributed by atoms with Gasteiger partial charge in [-0.2, -0.15) is 13.2 Å². The van der Waals surface area contributed by atoms with Crippen molar-refractivity contribution < 1.29 is 22.7 Å². The summed E-state index contributed by atoms with van der Waals surface area (Å²) in [5.41, 5.74) is -0.0471. The van der Waals surface area contributed by atoms with Gasteiger partial charge in [-0.1, -0.05) is 23.7 Å². The Kier molecular flexibility index (Phi) is 4.55. The fraction of sp³-hybridized carbons (Fsp3) is 0.462. The van der Waals surface area contributed by atoms with E-state index in [9.17, 15) is 18.0 Å². The summed E-state index contributed by atoms with van der Waals surface area (Å²) < 4.78 is 44.2. The Bertz CT molecular complexity index is 469. The first kappa shape index (κ1) is 15.1. The molecule has 3 nitrogen and oxygen atoms in total. The first-order valence-electron chi connectivity index (χ1n) is 6.08. The zero-order valence-corrected chi connectivity index (χ0v) is 11.2. The molecule has 0 radical (unpaired) electrons. The predicted octanol–water partition coefficient (Wildman–Crippen LogP) is 3.10. The molecule has 7 heteroatoms. The lowest BCUT2D eigenvalue weighted by Gasteiger charge is -2.23. The van der Waals surface area contributed by atoms with Crippen LogP contribution in [0.4, 0.5) is 13.2 Å². The summed E-state index contributed by atoms with van der Waals surface area (Å²) >= 11 is 5.65. The Labute approximate surface area is 119 Å². The highest BCUT2D eigenvalue weighted by atomic mass is 35.5. The van der Waals surface area contributed by atoms with Gasteiger partial charge in [-0.15, -0.1) is 0 Å². The van der Waals surface area contributed by atoms with E-state index < -0.39 is 24.0 Å². The SMILES string of the molecule is O=C(N[C@@H](c1ccc(Cl)cc1)C(F)(F)F)[C@H]1CCOC1. The van der Waals surface area contributed by atoms with Crippen LogP contribution >= 0.6 is 11.6 Å². The lowest BCUT2D eigenvalue weighted by Crippen LogP contribution is -2.41. The molecule has 1 aromatic carbocycles. The van der Waals surface area contributed by atoms with Gasteiger partial charge in [0, 0.05) is 11.6 Å². The van der Waals surface area contributed by atoms with Crippen LogP contribution in [0.1, 0.15) is 18.0 Å². The van der Waals surface area contributed by atoms with Gasteiger partial charge in [0.1, 0.15) is 0 Å². The number of hydrogen-bond donors (Lipinski definition) is 1. The highest BCUT2D eigenvalue weighted by Gasteiger charge is 2.42. The lowest BCUT2D eigenvalue weighted by atomic mass is 10.0. The maximum Gasteiger partial charge on any atom is 0.412 e. The fourth-order valence-electron chi connectivity index (χ4n) is 2.01. The van der Waals surface area contributed by atoms with Crippen molar-refractivity contribution >= 4 is 17.5 Å². The molecule has 110 valence electrons. The van der Waals surface area contributed by atoms with E-state index in [4.69, 9.17) is 16.3 Å². The molecule has 2 rings (SSSR count). The molecular weight excluding hydrogens is 295 g/mol. The van der Waals surface area contributed by atoms with Crippen LogP contribution in [0.3, 0.4) is 0 Å². The second-order valence-electron chi connectivity index (χ2n) is 4.60. The monoisotopic (exact) mass is 307 g/mol. The molecule has 1 fully saturated rings. The average Bonchev–Trinajstić information content (AvgIpc) is 2.89. The second-order valence-corrected chi connectivity index (χ2v) is 5.03. The molecule has 1 aliphatic heterocycles. The predicted molar refractivity (Wildman–Crippen MR) is 67.3 cm³/mol. The summed E-state index contributed by atoms with van der Waals surface area (Å²) in [6, 6.07) is 3.20. The van der Waals surface area contributed by atoms with Gasteiger partial charge in [-0.3, -0.25) is 4.79 Å². The molecule has 1 saturated heterocycles. The molecule has 0 spiro atoms. The summed E-state index contributed by atoms with van der Waals surface area (Å²) in [5.74, 6) is -1.16. The molecule has 1 amide bonds. The van der Waals surface area contributed by atoms with E-state index in [1.807, 2.05) is 5.32 Å². The molecule has 2 atom stereocenters. The minimum Gasteiger partial charge on any atom is -0.381 e. The highest BCUT2D eigenvalue weighted by Crippen LogP contribution is 2.33. The van der Waals surface area contributed by atoms with Gasteiger partial charge in [0.15, 0.2) is 6.04 Å². The summed E-state index contributed by atoms with van der Waals surface area (Å²) in [6.07, 6.45) is -4.13. The minimum atomic E-state index is -4.57. The number of carbonyl (C=O) groups excluding carboxylic acids is 1. The van der Waals surface area contributed by atoms with E-state index in [2.05, 4.69) is 0 Å². The van der Waals surface area contributed by atoms with Crippen molar-refractivity contribution in [2.75, 3.05) is 13.2 Å². The van der Waals surface area contributed by atoms with Crippen molar-refractivity contribution in [3.63, 3.8) is 0 Å². The van der Waals surface area contributed by atoms with Crippen molar-refractivity contribution in [1.82, 2.24) is 5.32 Å². The maximum absolute atomic E-state index is 13.1. The molecule has 1 N–H and O–H groups in total. The van der Waals surface area contributed by atoms with Gasteiger partial charge in [-0.25, -0.2) is 0 Å². The Balaban J connectivity index is 2.15. The van der Waals surface area contributed by atoms with E-state index in [-0.39, 0.29) is 12.2 Å². The first-order valence-corrected chi connectivity index (χ1v) is 6.46. The van der Waals surface area contributed by atoms with Crippen molar-refractivity contribution in [1.29, 1.82) is 0 Å². The quantitative estimate of drug-likeness (QED) is 0.932. The molecule has 0 aromatic heterocycles. The number of rotatable bonds is 3. The number of amides is 1. The number of halogens is 4. The average molecular weight is 308 g/mol. The third-order valence-electron chi connectivity index (χ3n) is 3.12. The Morgan fingerprint density at radius 2 is 2.00 bits per heavy atom. The summed E-state index contributed by atoms with van der Waals surface area (Å²) in [4.78, 5) is 11.8. The van der Waals surface area contributed by atoms with Crippen LogP contribution < -0.4 is 5.32 Å². The smallest absolute Gasteiger partial charge is 0.381 e. The van der Waals surface area contributed by atoms with E-state index in [1.54, 1.807) is 0 Å². The number of ether oxygens (including phenoxy) is 1. The van der Waals surface area contributed by atoms with Crippen molar-refractivity contribution in [3.05, 3.63) is 34.9 Å². The summed E-state index contributed by atoms with van der Waals surface area (Å²) in [7, 11) is 0. The maximum atomic E-state index is 13.1. The van der Waals surface area contributed by atoms with Gasteiger partial charge in [0.25, 0.3) is 0 Å². The number of hydrogen-bond acceptors (Lipinski definition) is 2. The Hall–Kier alpha value is -1.27. The van der Waals surface area contributed by atoms with Gasteiger partial charge in [0.2, 0.25) is 5.91 Å². The van der Waals surface area contributed by atoms with Crippen LogP contribution in [0.2, 0.25) is 5.02 Å². The molecule has 0 bridgehead atoms. The third kappa shape index (κ3) is 3.64. The van der Waals surface area contributed by atoms with Crippen LogP contribution in [-0.2, 0) is 9.53 Å². The number of benzene rings is 1. The zero-order chi connectivity index (χ0) is 14.8. The van der Waals surface area contributed by atoms with E-state index in [0.29, 0.717) is 18.1 Å². The van der Waals surface area contributed by atoms with Gasteiger partial charge in [0.05, 0.1) is 12.5 Å². The largest absolute Gasteiger partial charge is 0.412 e. The number of nitrogens with one attached hydrogen (secondary N) is 1. The third-order valence-corrected chi connectivity index (χ3v) is 3.37. The highest BCUT2D eigenvalue weighted by molar-refractivity contribution is 6.30. The van der Waals surface area contributed by atoms with Crippen LogP contribution in [0.5, 0.6) is 0 Å². The Morgan fingerprint density at radius 3 is 2.50 bits per heavy atom. The molecule has 1 heterocycles. The molecule has 0 aliphatic carbocycles. The number of carbonyl (C=O) groups is 1. The normalized spacial score (nSPS) is 20.7. The van der Waals surface area contributed by atoms with E-state index in [0.717, 1.165) is 0 Å². The van der Waals surface area contributed by atoms with Gasteiger partial charge in [-0.05, 0) is 24.1 Å². The van der Waals surface area contributed by atoms with Crippen LogP contribution in [0.25, 0.3) is 0 Å². The van der Waals surface area contributed by atoms with Gasteiger partial charge < -0.3 is 10.1 Å². The summed E-state index contributed by atoms with van der Waals surface area (Å²) in [5, 5.41) is 2.39. The number of alkyl halides is 3. The summed E-state index contributed by atoms with van der Waals surface area (Å²) in [6.45, 7) is 0.562. The molecule has 1 aliphatic rings. The first-order chi connectivity index (χ1) is 9.38. The molecule has 0 saturated carbocycles. The van der Waals surface area contributed by atoms with Crippen LogP contribution in [0, 0.1) is 5.92 Å². The van der Waals surface area contributed by atoms with Crippen molar-refractivity contribution in [3.8, 4) is 0 Å². The van der Waals surface area contributed by atoms with Crippen molar-refractivity contribution in [2.45, 2.75) is 18.6 Å². The molecule has 0 unspecified atom stereocenters. The standard InChI is InChI=1S/C13H13ClF3NO2/c14-10-3-1-8(2-4-10)11(13(15,16)17)18-12(19)9-5-6-20-7-9/h1-4,9,11H,5-7H2,(H,18,19)/t9-,11-/m0/s1. The van der Waals surface area contributed by atoms with E-state index >= 15 is 0 Å². The van der Waals surface area contributed by atoms with Crippen LogP contribution in [0.15, 0.2) is 24.3 Å². The van der Waals surface area contributed by atoms with E-state index in [1.165, 1.54) is 24.3 Å². The Morgan fingerprint density at radius 1 is 1.35 bits per heavy atom. The van der Waals surface area contributed by atoms with Gasteiger partial charge >= 0.3 is 6.18 Å². The lowest BCUT2D eigenvalue weighted by molar-refractivity contribution is -0.164. The zero-order valence-electron chi connectivity index (χ0n) is 10.4. The molecule has 1 aromatic rings. The second kappa shape index (κ2) is 6.01. The van der Waals surface area contributed by atoms with Crippen molar-refractivity contribution in [2.24, 2.45) is 5.92 Å².